The number of amides is 4. The van der Waals surface area contributed by atoms with Gasteiger partial charge in [0.05, 0.1) is 12.3 Å². The molecule has 1 heterocycles. The van der Waals surface area contributed by atoms with E-state index in [0.29, 0.717) is 17.9 Å². The predicted octanol–water partition coefficient (Wildman–Crippen LogP) is 3.07. The molecule has 0 unspecified atom stereocenters. The number of aryl methyl sites for hydroxylation is 2. The summed E-state index contributed by atoms with van der Waals surface area (Å²) in [6.45, 7) is 5.75. The molecule has 0 aromatic heterocycles. The van der Waals surface area contributed by atoms with Crippen LogP contribution >= 0.6 is 0 Å². The Kier molecular flexibility index (Phi) is 5.17. The summed E-state index contributed by atoms with van der Waals surface area (Å²) in [5.41, 5.74) is 2.32. The second-order valence-corrected chi connectivity index (χ2v) is 6.41. The van der Waals surface area contributed by atoms with E-state index in [4.69, 9.17) is 4.74 Å². The van der Waals surface area contributed by atoms with Gasteiger partial charge in [0, 0.05) is 0 Å². The van der Waals surface area contributed by atoms with Gasteiger partial charge in [0.15, 0.2) is 11.5 Å². The number of hydrogen-bond acceptors (Lipinski definition) is 5. The quantitative estimate of drug-likeness (QED) is 0.628. The molecule has 2 aromatic rings. The molecule has 144 valence electrons. The number of barbiturate groups is 1. The molecular weight excluding hydrogens is 360 g/mol. The fourth-order valence-corrected chi connectivity index (χ4v) is 2.89. The van der Waals surface area contributed by atoms with Gasteiger partial charge in [-0.3, -0.25) is 14.9 Å². The van der Waals surface area contributed by atoms with Crippen molar-refractivity contribution >= 4 is 29.6 Å². The zero-order chi connectivity index (χ0) is 20.4. The zero-order valence-corrected chi connectivity index (χ0v) is 15.8. The summed E-state index contributed by atoms with van der Waals surface area (Å²) in [6, 6.07) is 9.08. The Morgan fingerprint density at radius 2 is 1.86 bits per heavy atom. The molecule has 0 atom stereocenters. The van der Waals surface area contributed by atoms with Crippen LogP contribution in [0.4, 0.5) is 10.5 Å². The Morgan fingerprint density at radius 3 is 2.57 bits per heavy atom. The van der Waals surface area contributed by atoms with E-state index in [1.807, 2.05) is 13.0 Å². The van der Waals surface area contributed by atoms with Crippen molar-refractivity contribution in [1.29, 1.82) is 0 Å². The fraction of sp³-hybridized carbons (Fsp3) is 0.190. The van der Waals surface area contributed by atoms with Crippen LogP contribution in [-0.4, -0.2) is 29.6 Å². The highest BCUT2D eigenvalue weighted by molar-refractivity contribution is 6.39. The Hall–Kier alpha value is -3.61. The van der Waals surface area contributed by atoms with Crippen LogP contribution in [0.15, 0.2) is 42.0 Å². The SMILES string of the molecule is CCOc1cc(/C=C2/C(=O)NC(=O)N(c3cc(C)ccc3C)C2=O)ccc1O. The number of ether oxygens (including phenoxy) is 1. The number of rotatable bonds is 4. The Morgan fingerprint density at radius 1 is 1.11 bits per heavy atom. The molecule has 1 saturated heterocycles. The number of imide groups is 2. The normalized spacial score (nSPS) is 15.8. The highest BCUT2D eigenvalue weighted by Gasteiger charge is 2.37. The van der Waals surface area contributed by atoms with Gasteiger partial charge < -0.3 is 9.84 Å². The molecule has 3 rings (SSSR count). The summed E-state index contributed by atoms with van der Waals surface area (Å²) in [4.78, 5) is 38.6. The molecular formula is C21H20N2O5. The minimum absolute atomic E-state index is 0.0457. The van der Waals surface area contributed by atoms with E-state index in [1.165, 1.54) is 18.2 Å². The average molecular weight is 380 g/mol. The minimum Gasteiger partial charge on any atom is -0.504 e. The number of nitrogens with one attached hydrogen (secondary N) is 1. The number of anilines is 1. The Labute approximate surface area is 162 Å². The average Bonchev–Trinajstić information content (AvgIpc) is 2.64. The third-order valence-corrected chi connectivity index (χ3v) is 4.30. The second kappa shape index (κ2) is 7.56. The van der Waals surface area contributed by atoms with Gasteiger partial charge in [-0.15, -0.1) is 0 Å². The lowest BCUT2D eigenvalue weighted by molar-refractivity contribution is -0.122. The molecule has 0 radical (unpaired) electrons. The van der Waals surface area contributed by atoms with Crippen LogP contribution in [0.1, 0.15) is 23.6 Å². The molecule has 28 heavy (non-hydrogen) atoms. The lowest BCUT2D eigenvalue weighted by Crippen LogP contribution is -2.54. The van der Waals surface area contributed by atoms with E-state index in [-0.39, 0.29) is 17.1 Å². The van der Waals surface area contributed by atoms with Crippen LogP contribution in [0, 0.1) is 13.8 Å². The number of aromatic hydroxyl groups is 1. The van der Waals surface area contributed by atoms with Crippen molar-refractivity contribution in [2.45, 2.75) is 20.8 Å². The van der Waals surface area contributed by atoms with Gasteiger partial charge in [-0.2, -0.15) is 0 Å². The summed E-state index contributed by atoms with van der Waals surface area (Å²) < 4.78 is 5.33. The number of nitrogens with zero attached hydrogens (tertiary/aromatic N) is 1. The molecule has 1 aliphatic rings. The molecule has 4 amide bonds. The first-order chi connectivity index (χ1) is 13.3. The number of benzene rings is 2. The van der Waals surface area contributed by atoms with Gasteiger partial charge in [0.25, 0.3) is 11.8 Å². The fourth-order valence-electron chi connectivity index (χ4n) is 2.89. The lowest BCUT2D eigenvalue weighted by Gasteiger charge is -2.27. The number of urea groups is 1. The van der Waals surface area contributed by atoms with Crippen molar-refractivity contribution < 1.29 is 24.2 Å². The van der Waals surface area contributed by atoms with E-state index in [2.05, 4.69) is 5.32 Å². The predicted molar refractivity (Wildman–Crippen MR) is 104 cm³/mol. The monoisotopic (exact) mass is 380 g/mol. The summed E-state index contributed by atoms with van der Waals surface area (Å²) in [5, 5.41) is 12.0. The molecule has 2 aromatic carbocycles. The third-order valence-electron chi connectivity index (χ3n) is 4.30. The maximum atomic E-state index is 13.0. The summed E-state index contributed by atoms with van der Waals surface area (Å²) >= 11 is 0. The van der Waals surface area contributed by atoms with Gasteiger partial charge in [0.2, 0.25) is 0 Å². The first kappa shape index (κ1) is 19.2. The Bertz CT molecular complexity index is 1010. The zero-order valence-electron chi connectivity index (χ0n) is 15.8. The highest BCUT2D eigenvalue weighted by atomic mass is 16.5. The third kappa shape index (κ3) is 3.59. The van der Waals surface area contributed by atoms with E-state index in [9.17, 15) is 19.5 Å². The van der Waals surface area contributed by atoms with Gasteiger partial charge in [-0.05, 0) is 61.7 Å². The maximum absolute atomic E-state index is 13.0. The summed E-state index contributed by atoms with van der Waals surface area (Å²) in [6.07, 6.45) is 1.37. The minimum atomic E-state index is -0.790. The molecule has 0 bridgehead atoms. The first-order valence-corrected chi connectivity index (χ1v) is 8.76. The maximum Gasteiger partial charge on any atom is 0.335 e. The molecule has 2 N–H and O–H groups in total. The first-order valence-electron chi connectivity index (χ1n) is 8.76. The van der Waals surface area contributed by atoms with Gasteiger partial charge in [-0.25, -0.2) is 9.69 Å². The molecule has 7 nitrogen and oxygen atoms in total. The molecule has 0 spiro atoms. The van der Waals surface area contributed by atoms with Gasteiger partial charge >= 0.3 is 6.03 Å². The van der Waals surface area contributed by atoms with Crippen molar-refractivity contribution in [2.24, 2.45) is 0 Å². The highest BCUT2D eigenvalue weighted by Crippen LogP contribution is 2.29. The smallest absolute Gasteiger partial charge is 0.335 e. The molecule has 0 aliphatic carbocycles. The number of phenolic OH excluding ortho intramolecular Hbond substituents is 1. The lowest BCUT2D eigenvalue weighted by atomic mass is 10.0. The topological polar surface area (TPSA) is 95.9 Å². The van der Waals surface area contributed by atoms with Crippen LogP contribution in [0.2, 0.25) is 0 Å². The van der Waals surface area contributed by atoms with Crippen LogP contribution in [0.25, 0.3) is 6.08 Å². The number of carbonyl (C=O) groups is 3. The van der Waals surface area contributed by atoms with E-state index >= 15 is 0 Å². The number of phenols is 1. The number of hydrogen-bond donors (Lipinski definition) is 2. The summed E-state index contributed by atoms with van der Waals surface area (Å²) in [7, 11) is 0. The van der Waals surface area contributed by atoms with E-state index in [1.54, 1.807) is 32.0 Å². The van der Waals surface area contributed by atoms with Crippen molar-refractivity contribution in [3.8, 4) is 11.5 Å². The largest absolute Gasteiger partial charge is 0.504 e. The van der Waals surface area contributed by atoms with E-state index in [0.717, 1.165) is 16.0 Å². The number of carbonyl (C=O) groups excluding carboxylic acids is 3. The molecule has 1 aliphatic heterocycles. The van der Waals surface area contributed by atoms with Gasteiger partial charge in [0.1, 0.15) is 5.57 Å². The van der Waals surface area contributed by atoms with Crippen LogP contribution in [0.5, 0.6) is 11.5 Å². The second-order valence-electron chi connectivity index (χ2n) is 6.41. The van der Waals surface area contributed by atoms with E-state index < -0.39 is 17.8 Å². The van der Waals surface area contributed by atoms with Crippen molar-refractivity contribution in [3.05, 3.63) is 58.7 Å². The van der Waals surface area contributed by atoms with Crippen molar-refractivity contribution in [3.63, 3.8) is 0 Å². The molecule has 7 heteroatoms. The van der Waals surface area contributed by atoms with Crippen molar-refractivity contribution in [2.75, 3.05) is 11.5 Å². The standard InChI is InChI=1S/C21H20N2O5/c1-4-28-18-11-14(7-8-17(18)24)10-15-19(25)22-21(27)23(20(15)26)16-9-12(2)5-6-13(16)3/h5-11,24H,4H2,1-3H3,(H,22,25,27)/b15-10-. The summed E-state index contributed by atoms with van der Waals surface area (Å²) in [5.74, 6) is -1.30. The Balaban J connectivity index is 2.04. The van der Waals surface area contributed by atoms with Crippen LogP contribution < -0.4 is 15.0 Å². The molecule has 1 fully saturated rings. The van der Waals surface area contributed by atoms with Gasteiger partial charge in [-0.1, -0.05) is 18.2 Å². The van der Waals surface area contributed by atoms with Crippen LogP contribution in [0.3, 0.4) is 0 Å². The molecule has 0 saturated carbocycles. The van der Waals surface area contributed by atoms with Crippen LogP contribution in [-0.2, 0) is 9.59 Å². The van der Waals surface area contributed by atoms with Crippen molar-refractivity contribution in [1.82, 2.24) is 5.32 Å².